The van der Waals surface area contributed by atoms with Crippen molar-refractivity contribution < 1.29 is 14.3 Å². The number of aromatic amines is 1. The first-order valence-electron chi connectivity index (χ1n) is 7.39. The second kappa shape index (κ2) is 7.01. The van der Waals surface area contributed by atoms with Crippen molar-refractivity contribution in [3.63, 3.8) is 0 Å². The van der Waals surface area contributed by atoms with Crippen LogP contribution in [0, 0.1) is 0 Å². The van der Waals surface area contributed by atoms with E-state index in [2.05, 4.69) is 25.8 Å². The Hall–Kier alpha value is -2.74. The molecule has 2 heterocycles. The predicted octanol–water partition coefficient (Wildman–Crippen LogP) is 0.966. The standard InChI is InChI=1S/C15H17N5O3/c21-14(16-8-12-2-1-7-23-12)10-3-5-11(6-4-10)19-15(22)13-17-9-18-20-13/h3-6,9,12H,1-2,7-8H2,(H,16,21)(H,19,22)(H,17,18,20)/t12-/m0/s1. The van der Waals surface area contributed by atoms with Crippen molar-refractivity contribution in [1.82, 2.24) is 20.5 Å². The molecule has 0 aliphatic carbocycles. The summed E-state index contributed by atoms with van der Waals surface area (Å²) in [5, 5.41) is 11.6. The van der Waals surface area contributed by atoms with Gasteiger partial charge < -0.3 is 15.4 Å². The lowest BCUT2D eigenvalue weighted by atomic mass is 10.2. The van der Waals surface area contributed by atoms with Gasteiger partial charge in [-0.3, -0.25) is 14.7 Å². The largest absolute Gasteiger partial charge is 0.376 e. The van der Waals surface area contributed by atoms with Gasteiger partial charge in [-0.15, -0.1) is 0 Å². The van der Waals surface area contributed by atoms with Crippen molar-refractivity contribution >= 4 is 17.5 Å². The highest BCUT2D eigenvalue weighted by Crippen LogP contribution is 2.12. The van der Waals surface area contributed by atoms with E-state index < -0.39 is 5.91 Å². The molecule has 1 aliphatic rings. The molecule has 1 aliphatic heterocycles. The van der Waals surface area contributed by atoms with Gasteiger partial charge in [0.25, 0.3) is 11.8 Å². The first kappa shape index (κ1) is 15.2. The summed E-state index contributed by atoms with van der Waals surface area (Å²) >= 11 is 0. The smallest absolute Gasteiger partial charge is 0.292 e. The number of amides is 2. The van der Waals surface area contributed by atoms with Crippen molar-refractivity contribution in [2.24, 2.45) is 0 Å². The van der Waals surface area contributed by atoms with Crippen LogP contribution in [0.4, 0.5) is 5.69 Å². The minimum Gasteiger partial charge on any atom is -0.376 e. The van der Waals surface area contributed by atoms with E-state index in [0.29, 0.717) is 17.8 Å². The van der Waals surface area contributed by atoms with Crippen molar-refractivity contribution in [3.05, 3.63) is 42.0 Å². The van der Waals surface area contributed by atoms with Gasteiger partial charge in [-0.05, 0) is 37.1 Å². The molecule has 2 aromatic rings. The van der Waals surface area contributed by atoms with Crippen LogP contribution in [0.25, 0.3) is 0 Å². The van der Waals surface area contributed by atoms with Gasteiger partial charge in [-0.25, -0.2) is 4.98 Å². The number of H-pyrrole nitrogens is 1. The van der Waals surface area contributed by atoms with E-state index in [0.717, 1.165) is 19.4 Å². The van der Waals surface area contributed by atoms with E-state index in [9.17, 15) is 9.59 Å². The summed E-state index contributed by atoms with van der Waals surface area (Å²) < 4.78 is 5.46. The summed E-state index contributed by atoms with van der Waals surface area (Å²) in [6, 6.07) is 6.63. The number of nitrogens with zero attached hydrogens (tertiary/aromatic N) is 2. The van der Waals surface area contributed by atoms with Crippen LogP contribution in [0.3, 0.4) is 0 Å². The number of nitrogens with one attached hydrogen (secondary N) is 3. The van der Waals surface area contributed by atoms with Gasteiger partial charge in [0.2, 0.25) is 5.82 Å². The van der Waals surface area contributed by atoms with Crippen molar-refractivity contribution in [2.45, 2.75) is 18.9 Å². The Morgan fingerprint density at radius 1 is 1.26 bits per heavy atom. The van der Waals surface area contributed by atoms with Gasteiger partial charge in [-0.2, -0.15) is 5.10 Å². The topological polar surface area (TPSA) is 109 Å². The van der Waals surface area contributed by atoms with E-state index in [-0.39, 0.29) is 17.8 Å². The van der Waals surface area contributed by atoms with Gasteiger partial charge in [0.15, 0.2) is 0 Å². The SMILES string of the molecule is O=C(NC[C@@H]1CCCO1)c1ccc(NC(=O)c2ncn[nH]2)cc1. The van der Waals surface area contributed by atoms with Gasteiger partial charge in [-0.1, -0.05) is 0 Å². The number of benzene rings is 1. The molecule has 23 heavy (non-hydrogen) atoms. The Balaban J connectivity index is 1.53. The number of anilines is 1. The maximum absolute atomic E-state index is 12.0. The highest BCUT2D eigenvalue weighted by molar-refractivity contribution is 6.02. The second-order valence-electron chi connectivity index (χ2n) is 5.21. The Labute approximate surface area is 132 Å². The first-order valence-corrected chi connectivity index (χ1v) is 7.39. The Kier molecular flexibility index (Phi) is 4.62. The molecular weight excluding hydrogens is 298 g/mol. The molecule has 1 saturated heterocycles. The lowest BCUT2D eigenvalue weighted by Gasteiger charge is -2.11. The molecule has 1 fully saturated rings. The summed E-state index contributed by atoms with van der Waals surface area (Å²) in [4.78, 5) is 27.6. The Morgan fingerprint density at radius 2 is 2.09 bits per heavy atom. The predicted molar refractivity (Wildman–Crippen MR) is 82.1 cm³/mol. The third-order valence-corrected chi connectivity index (χ3v) is 3.55. The summed E-state index contributed by atoms with van der Waals surface area (Å²) in [6.45, 7) is 1.28. The number of ether oxygens (including phenoxy) is 1. The minimum absolute atomic E-state index is 0.111. The van der Waals surface area contributed by atoms with Crippen LogP contribution in [0.15, 0.2) is 30.6 Å². The number of hydrogen-bond donors (Lipinski definition) is 3. The van der Waals surface area contributed by atoms with Crippen molar-refractivity contribution in [3.8, 4) is 0 Å². The van der Waals surface area contributed by atoms with Crippen molar-refractivity contribution in [1.29, 1.82) is 0 Å². The summed E-state index contributed by atoms with van der Waals surface area (Å²) in [5.41, 5.74) is 1.10. The Morgan fingerprint density at radius 3 is 2.74 bits per heavy atom. The third-order valence-electron chi connectivity index (χ3n) is 3.55. The number of hydrogen-bond acceptors (Lipinski definition) is 5. The van der Waals surface area contributed by atoms with Crippen molar-refractivity contribution in [2.75, 3.05) is 18.5 Å². The average molecular weight is 315 g/mol. The molecule has 1 aromatic heterocycles. The molecule has 0 bridgehead atoms. The van der Waals surface area contributed by atoms with E-state index >= 15 is 0 Å². The van der Waals surface area contributed by atoms with Gasteiger partial charge >= 0.3 is 0 Å². The van der Waals surface area contributed by atoms with Crippen LogP contribution >= 0.6 is 0 Å². The third kappa shape index (κ3) is 3.92. The second-order valence-corrected chi connectivity index (χ2v) is 5.21. The molecule has 2 amide bonds. The van der Waals surface area contributed by atoms with Crippen LogP contribution in [0.5, 0.6) is 0 Å². The first-order chi connectivity index (χ1) is 11.2. The highest BCUT2D eigenvalue weighted by atomic mass is 16.5. The maximum atomic E-state index is 12.0. The van der Waals surface area contributed by atoms with Crippen LogP contribution < -0.4 is 10.6 Å². The lowest BCUT2D eigenvalue weighted by Crippen LogP contribution is -2.31. The van der Waals surface area contributed by atoms with Crippen LogP contribution in [-0.4, -0.2) is 46.3 Å². The molecule has 1 atom stereocenters. The molecule has 1 aromatic carbocycles. The molecule has 120 valence electrons. The molecule has 0 unspecified atom stereocenters. The van der Waals surface area contributed by atoms with Crippen LogP contribution in [0.2, 0.25) is 0 Å². The fraction of sp³-hybridized carbons (Fsp3) is 0.333. The zero-order valence-corrected chi connectivity index (χ0v) is 12.4. The normalized spacial score (nSPS) is 17.0. The van der Waals surface area contributed by atoms with Gasteiger partial charge in [0, 0.05) is 24.4 Å². The molecule has 0 spiro atoms. The number of carbonyl (C=O) groups is 2. The van der Waals surface area contributed by atoms with Crippen LogP contribution in [-0.2, 0) is 4.74 Å². The zero-order valence-electron chi connectivity index (χ0n) is 12.4. The Bertz CT molecular complexity index is 663. The van der Waals surface area contributed by atoms with Crippen LogP contribution in [0.1, 0.15) is 33.8 Å². The highest BCUT2D eigenvalue weighted by Gasteiger charge is 2.16. The summed E-state index contributed by atoms with van der Waals surface area (Å²) in [6.07, 6.45) is 3.39. The molecule has 3 N–H and O–H groups in total. The number of carbonyl (C=O) groups excluding carboxylic acids is 2. The van der Waals surface area contributed by atoms with E-state index in [1.165, 1.54) is 6.33 Å². The minimum atomic E-state index is -0.391. The zero-order chi connectivity index (χ0) is 16.1. The van der Waals surface area contributed by atoms with E-state index in [1.54, 1.807) is 24.3 Å². The molecular formula is C15H17N5O3. The molecule has 8 nitrogen and oxygen atoms in total. The fourth-order valence-electron chi connectivity index (χ4n) is 2.32. The lowest BCUT2D eigenvalue weighted by molar-refractivity contribution is 0.0857. The molecule has 0 radical (unpaired) electrons. The summed E-state index contributed by atoms with van der Waals surface area (Å²) in [5.74, 6) is -0.421. The molecule has 8 heteroatoms. The summed E-state index contributed by atoms with van der Waals surface area (Å²) in [7, 11) is 0. The fourth-order valence-corrected chi connectivity index (χ4v) is 2.32. The number of rotatable bonds is 5. The molecule has 3 rings (SSSR count). The van der Waals surface area contributed by atoms with Gasteiger partial charge in [0.1, 0.15) is 6.33 Å². The quantitative estimate of drug-likeness (QED) is 0.761. The maximum Gasteiger partial charge on any atom is 0.292 e. The van der Waals surface area contributed by atoms with E-state index in [1.807, 2.05) is 0 Å². The monoisotopic (exact) mass is 315 g/mol. The van der Waals surface area contributed by atoms with Gasteiger partial charge in [0.05, 0.1) is 6.10 Å². The molecule has 0 saturated carbocycles. The number of aromatic nitrogens is 3. The van der Waals surface area contributed by atoms with E-state index in [4.69, 9.17) is 4.74 Å². The average Bonchev–Trinajstić information content (AvgIpc) is 3.26.